The van der Waals surface area contributed by atoms with Gasteiger partial charge in [0, 0.05) is 23.9 Å². The number of rotatable bonds is 6. The number of alkyl halides is 3. The number of carbonyl (C=O) groups is 1. The molecular formula is C20H18F3NO4. The van der Waals surface area contributed by atoms with Gasteiger partial charge in [0.2, 0.25) is 0 Å². The highest BCUT2D eigenvalue weighted by Gasteiger charge is 2.33. The molecule has 1 N–H and O–H groups in total. The highest BCUT2D eigenvalue weighted by molar-refractivity contribution is 6.34. The molecule has 0 saturated heterocycles. The van der Waals surface area contributed by atoms with Gasteiger partial charge in [0.25, 0.3) is 5.91 Å². The van der Waals surface area contributed by atoms with Crippen LogP contribution in [0.2, 0.25) is 0 Å². The number of carbonyl (C=O) groups excluding carboxylic acids is 1. The SMILES string of the molecule is COCCOc1ccc(/C=C2/C(=O)Nc3cc(C(F)(F)F)ccc32)cc1OC. The molecular weight excluding hydrogens is 375 g/mol. The second kappa shape index (κ2) is 7.93. The Morgan fingerprint density at radius 3 is 2.50 bits per heavy atom. The quantitative estimate of drug-likeness (QED) is 0.590. The van der Waals surface area contributed by atoms with Crippen LogP contribution >= 0.6 is 0 Å². The molecule has 1 aliphatic rings. The molecule has 0 fully saturated rings. The summed E-state index contributed by atoms with van der Waals surface area (Å²) in [7, 11) is 3.06. The van der Waals surface area contributed by atoms with Crippen molar-refractivity contribution in [1.29, 1.82) is 0 Å². The first-order valence-electron chi connectivity index (χ1n) is 8.38. The van der Waals surface area contributed by atoms with Crippen molar-refractivity contribution in [3.05, 3.63) is 53.1 Å². The number of ether oxygens (including phenoxy) is 3. The molecule has 5 nitrogen and oxygen atoms in total. The molecule has 28 heavy (non-hydrogen) atoms. The van der Waals surface area contributed by atoms with Crippen molar-refractivity contribution in [3.63, 3.8) is 0 Å². The molecule has 0 spiro atoms. The lowest BCUT2D eigenvalue weighted by Gasteiger charge is -2.11. The van der Waals surface area contributed by atoms with Gasteiger partial charge >= 0.3 is 6.18 Å². The lowest BCUT2D eigenvalue weighted by Crippen LogP contribution is -2.06. The van der Waals surface area contributed by atoms with Gasteiger partial charge in [-0.3, -0.25) is 4.79 Å². The molecule has 0 aliphatic carbocycles. The summed E-state index contributed by atoms with van der Waals surface area (Å²) in [6.45, 7) is 0.774. The molecule has 1 heterocycles. The van der Waals surface area contributed by atoms with Crippen molar-refractivity contribution in [2.75, 3.05) is 32.8 Å². The van der Waals surface area contributed by atoms with Gasteiger partial charge in [-0.2, -0.15) is 13.2 Å². The second-order valence-electron chi connectivity index (χ2n) is 6.02. The van der Waals surface area contributed by atoms with Gasteiger partial charge in [0.15, 0.2) is 11.5 Å². The molecule has 3 rings (SSSR count). The number of methoxy groups -OCH3 is 2. The van der Waals surface area contributed by atoms with Crippen LogP contribution in [0.4, 0.5) is 18.9 Å². The van der Waals surface area contributed by atoms with Crippen molar-refractivity contribution in [2.24, 2.45) is 0 Å². The molecule has 0 unspecified atom stereocenters. The maximum absolute atomic E-state index is 12.9. The molecule has 0 saturated carbocycles. The van der Waals surface area contributed by atoms with E-state index in [2.05, 4.69) is 5.32 Å². The number of fused-ring (bicyclic) bond motifs is 1. The number of halogens is 3. The Morgan fingerprint density at radius 1 is 1.04 bits per heavy atom. The molecule has 2 aromatic rings. The summed E-state index contributed by atoms with van der Waals surface area (Å²) >= 11 is 0. The predicted molar refractivity (Wildman–Crippen MR) is 98.3 cm³/mol. The first-order chi connectivity index (χ1) is 13.3. The number of anilines is 1. The Bertz CT molecular complexity index is 922. The van der Waals surface area contributed by atoms with E-state index in [1.54, 1.807) is 31.4 Å². The van der Waals surface area contributed by atoms with Gasteiger partial charge in [-0.15, -0.1) is 0 Å². The first kappa shape index (κ1) is 19.8. The summed E-state index contributed by atoms with van der Waals surface area (Å²) in [6, 6.07) is 8.29. The fourth-order valence-corrected chi connectivity index (χ4v) is 2.81. The molecule has 2 aromatic carbocycles. The summed E-state index contributed by atoms with van der Waals surface area (Å²) in [4.78, 5) is 12.3. The van der Waals surface area contributed by atoms with E-state index in [1.165, 1.54) is 13.2 Å². The zero-order valence-electron chi connectivity index (χ0n) is 15.2. The minimum atomic E-state index is -4.47. The van der Waals surface area contributed by atoms with Crippen LogP contribution in [0.3, 0.4) is 0 Å². The highest BCUT2D eigenvalue weighted by Crippen LogP contribution is 2.39. The third-order valence-corrected chi connectivity index (χ3v) is 4.17. The van der Waals surface area contributed by atoms with Crippen LogP contribution in [0.25, 0.3) is 11.6 Å². The van der Waals surface area contributed by atoms with Gasteiger partial charge in [-0.1, -0.05) is 12.1 Å². The number of nitrogens with one attached hydrogen (secondary N) is 1. The molecule has 8 heteroatoms. The van der Waals surface area contributed by atoms with Crippen molar-refractivity contribution in [1.82, 2.24) is 0 Å². The summed E-state index contributed by atoms with van der Waals surface area (Å²) in [5.41, 5.74) is 0.662. The maximum Gasteiger partial charge on any atom is 0.416 e. The van der Waals surface area contributed by atoms with E-state index in [0.717, 1.165) is 12.1 Å². The Labute approximate surface area is 159 Å². The summed E-state index contributed by atoms with van der Waals surface area (Å²) in [5.74, 6) is 0.526. The topological polar surface area (TPSA) is 56.8 Å². The van der Waals surface area contributed by atoms with Gasteiger partial charge in [-0.25, -0.2) is 0 Å². The van der Waals surface area contributed by atoms with Crippen LogP contribution < -0.4 is 14.8 Å². The summed E-state index contributed by atoms with van der Waals surface area (Å²) in [6.07, 6.45) is -2.88. The first-order valence-corrected chi connectivity index (χ1v) is 8.38. The smallest absolute Gasteiger partial charge is 0.416 e. The molecule has 0 atom stereocenters. The van der Waals surface area contributed by atoms with Gasteiger partial charge in [0.1, 0.15) is 6.61 Å². The van der Waals surface area contributed by atoms with Gasteiger partial charge in [-0.05, 0) is 35.9 Å². The zero-order chi connectivity index (χ0) is 20.3. The lowest BCUT2D eigenvalue weighted by molar-refractivity contribution is -0.137. The van der Waals surface area contributed by atoms with Crippen LogP contribution in [-0.4, -0.2) is 33.3 Å². The van der Waals surface area contributed by atoms with E-state index in [9.17, 15) is 18.0 Å². The Hall–Kier alpha value is -3.00. The lowest BCUT2D eigenvalue weighted by atomic mass is 10.0. The van der Waals surface area contributed by atoms with Crippen molar-refractivity contribution in [3.8, 4) is 11.5 Å². The average molecular weight is 393 g/mol. The third kappa shape index (κ3) is 4.12. The average Bonchev–Trinajstić information content (AvgIpc) is 2.96. The fourth-order valence-electron chi connectivity index (χ4n) is 2.81. The summed E-state index contributed by atoms with van der Waals surface area (Å²) < 4.78 is 54.4. The van der Waals surface area contributed by atoms with Crippen LogP contribution in [0, 0.1) is 0 Å². The van der Waals surface area contributed by atoms with E-state index in [1.807, 2.05) is 0 Å². The largest absolute Gasteiger partial charge is 0.493 e. The number of hydrogen-bond acceptors (Lipinski definition) is 4. The highest BCUT2D eigenvalue weighted by atomic mass is 19.4. The Balaban J connectivity index is 1.91. The minimum Gasteiger partial charge on any atom is -0.493 e. The summed E-state index contributed by atoms with van der Waals surface area (Å²) in [5, 5.41) is 2.48. The normalized spacial score (nSPS) is 14.8. The van der Waals surface area contributed by atoms with Crippen LogP contribution in [0.1, 0.15) is 16.7 Å². The Morgan fingerprint density at radius 2 is 1.82 bits per heavy atom. The molecule has 0 aromatic heterocycles. The van der Waals surface area contributed by atoms with E-state index in [4.69, 9.17) is 14.2 Å². The van der Waals surface area contributed by atoms with Crippen LogP contribution in [-0.2, 0) is 15.7 Å². The monoisotopic (exact) mass is 393 g/mol. The predicted octanol–water partition coefficient (Wildman–Crippen LogP) is 4.23. The zero-order valence-corrected chi connectivity index (χ0v) is 15.2. The van der Waals surface area contributed by atoms with Crippen LogP contribution in [0.5, 0.6) is 11.5 Å². The maximum atomic E-state index is 12.9. The van der Waals surface area contributed by atoms with E-state index >= 15 is 0 Å². The van der Waals surface area contributed by atoms with Crippen molar-refractivity contribution < 1.29 is 32.2 Å². The van der Waals surface area contributed by atoms with E-state index in [0.29, 0.717) is 35.8 Å². The second-order valence-corrected chi connectivity index (χ2v) is 6.02. The van der Waals surface area contributed by atoms with E-state index in [-0.39, 0.29) is 11.3 Å². The van der Waals surface area contributed by atoms with Crippen molar-refractivity contribution >= 4 is 23.2 Å². The number of hydrogen-bond donors (Lipinski definition) is 1. The van der Waals surface area contributed by atoms with Gasteiger partial charge < -0.3 is 19.5 Å². The van der Waals surface area contributed by atoms with Gasteiger partial charge in [0.05, 0.1) is 19.3 Å². The minimum absolute atomic E-state index is 0.137. The molecule has 148 valence electrons. The van der Waals surface area contributed by atoms with E-state index < -0.39 is 17.6 Å². The molecule has 0 radical (unpaired) electrons. The number of amides is 1. The number of benzene rings is 2. The Kier molecular flexibility index (Phi) is 5.60. The molecule has 1 aliphatic heterocycles. The standard InChI is InChI=1S/C20H18F3NO4/c1-26-7-8-28-17-6-3-12(10-18(17)27-2)9-15-14-5-4-13(20(21,22)23)11-16(14)24-19(15)25/h3-6,9-11H,7-8H2,1-2H3,(H,24,25)/b15-9+. The molecule has 1 amide bonds. The van der Waals surface area contributed by atoms with Crippen molar-refractivity contribution in [2.45, 2.75) is 6.18 Å². The third-order valence-electron chi connectivity index (χ3n) is 4.17. The fraction of sp³-hybridized carbons (Fsp3) is 0.250. The molecule has 0 bridgehead atoms. The van der Waals surface area contributed by atoms with Crippen LogP contribution in [0.15, 0.2) is 36.4 Å².